The van der Waals surface area contributed by atoms with E-state index in [4.69, 9.17) is 15.2 Å². The van der Waals surface area contributed by atoms with E-state index in [1.54, 1.807) is 13.3 Å². The Morgan fingerprint density at radius 3 is 2.56 bits per heavy atom. The molecule has 9 heteroatoms. The van der Waals surface area contributed by atoms with Gasteiger partial charge in [-0.2, -0.15) is 0 Å². The van der Waals surface area contributed by atoms with E-state index in [1.807, 2.05) is 45.0 Å². The fourth-order valence-corrected chi connectivity index (χ4v) is 3.92. The summed E-state index contributed by atoms with van der Waals surface area (Å²) < 4.78 is 11.4. The lowest BCUT2D eigenvalue weighted by Crippen LogP contribution is -2.57. The lowest BCUT2D eigenvalue weighted by Gasteiger charge is -2.34. The zero-order valence-electron chi connectivity index (χ0n) is 19.0. The van der Waals surface area contributed by atoms with E-state index >= 15 is 0 Å². The molecule has 172 valence electrons. The van der Waals surface area contributed by atoms with Gasteiger partial charge < -0.3 is 25.4 Å². The van der Waals surface area contributed by atoms with Crippen molar-refractivity contribution in [1.82, 2.24) is 15.2 Å². The van der Waals surface area contributed by atoms with Crippen LogP contribution in [0.1, 0.15) is 34.1 Å². The van der Waals surface area contributed by atoms with Crippen molar-refractivity contribution in [1.29, 1.82) is 0 Å². The molecule has 1 aliphatic heterocycles. The van der Waals surface area contributed by atoms with Crippen LogP contribution < -0.4 is 20.5 Å². The number of aromatic nitrogens is 1. The van der Waals surface area contributed by atoms with Crippen molar-refractivity contribution < 1.29 is 23.9 Å². The van der Waals surface area contributed by atoms with E-state index in [9.17, 15) is 14.4 Å². The summed E-state index contributed by atoms with van der Waals surface area (Å²) in [5.41, 5.74) is 5.05. The van der Waals surface area contributed by atoms with Gasteiger partial charge in [0, 0.05) is 24.9 Å². The highest BCUT2D eigenvalue weighted by atomic mass is 16.5. The van der Waals surface area contributed by atoms with E-state index in [1.165, 1.54) is 11.8 Å². The van der Waals surface area contributed by atoms with Gasteiger partial charge in [-0.25, -0.2) is 4.98 Å². The minimum atomic E-state index is -0.832. The van der Waals surface area contributed by atoms with Crippen molar-refractivity contribution in [2.75, 3.05) is 13.7 Å². The monoisotopic (exact) mass is 442 g/mol. The number of likely N-dealkylation sites (tertiary alicyclic amines) is 1. The van der Waals surface area contributed by atoms with Crippen molar-refractivity contribution in [3.8, 4) is 11.6 Å². The molecule has 3 amide bonds. The van der Waals surface area contributed by atoms with Gasteiger partial charge in [0.15, 0.2) is 0 Å². The van der Waals surface area contributed by atoms with Crippen LogP contribution in [0.2, 0.25) is 0 Å². The van der Waals surface area contributed by atoms with Gasteiger partial charge in [0.05, 0.1) is 13.7 Å². The van der Waals surface area contributed by atoms with Gasteiger partial charge in [0.25, 0.3) is 0 Å². The van der Waals surface area contributed by atoms with Crippen LogP contribution in [0.4, 0.5) is 0 Å². The lowest BCUT2D eigenvalue weighted by molar-refractivity contribution is -0.143. The highest BCUT2D eigenvalue weighted by Gasteiger charge is 2.45. The molecule has 1 aliphatic rings. The second-order valence-corrected chi connectivity index (χ2v) is 9.09. The number of ether oxygens (including phenoxy) is 2. The van der Waals surface area contributed by atoms with Crippen molar-refractivity contribution in [2.24, 2.45) is 11.1 Å². The normalized spacial score (nSPS) is 19.5. The quantitative estimate of drug-likeness (QED) is 0.701. The number of rotatable bonds is 6. The average molecular weight is 443 g/mol. The average Bonchev–Trinajstić information content (AvgIpc) is 3.14. The molecule has 0 bridgehead atoms. The number of nitrogens with one attached hydrogen (secondary N) is 1. The van der Waals surface area contributed by atoms with E-state index in [0.29, 0.717) is 11.6 Å². The molecule has 1 aromatic heterocycles. The first kappa shape index (κ1) is 23.3. The molecule has 32 heavy (non-hydrogen) atoms. The zero-order valence-corrected chi connectivity index (χ0v) is 19.0. The first-order valence-electron chi connectivity index (χ1n) is 10.5. The SMILES string of the molecule is COc1ccc2c(O[C@@H]3CC(C(N)=O)N(C(=O)[C@@H](NC(C)=O)C(C)(C)C)C3)nccc2c1. The fourth-order valence-electron chi connectivity index (χ4n) is 3.92. The van der Waals surface area contributed by atoms with Gasteiger partial charge >= 0.3 is 0 Å². The molecule has 0 spiro atoms. The Balaban J connectivity index is 1.85. The first-order chi connectivity index (χ1) is 15.0. The number of hydrogen-bond donors (Lipinski definition) is 2. The summed E-state index contributed by atoms with van der Waals surface area (Å²) in [7, 11) is 1.60. The summed E-state index contributed by atoms with van der Waals surface area (Å²) in [6, 6.07) is 5.76. The molecule has 9 nitrogen and oxygen atoms in total. The minimum Gasteiger partial charge on any atom is -0.497 e. The van der Waals surface area contributed by atoms with Crippen LogP contribution in [0.15, 0.2) is 30.5 Å². The number of primary amides is 1. The van der Waals surface area contributed by atoms with E-state index in [-0.39, 0.29) is 24.8 Å². The fraction of sp³-hybridized carbons (Fsp3) is 0.478. The summed E-state index contributed by atoms with van der Waals surface area (Å²) >= 11 is 0. The number of benzene rings is 1. The Kier molecular flexibility index (Phi) is 6.57. The summed E-state index contributed by atoms with van der Waals surface area (Å²) in [6.07, 6.45) is 1.40. The van der Waals surface area contributed by atoms with Crippen LogP contribution in [0.25, 0.3) is 10.8 Å². The largest absolute Gasteiger partial charge is 0.497 e. The van der Waals surface area contributed by atoms with Crippen molar-refractivity contribution in [2.45, 2.75) is 52.3 Å². The van der Waals surface area contributed by atoms with Crippen LogP contribution >= 0.6 is 0 Å². The van der Waals surface area contributed by atoms with Gasteiger partial charge in [-0.1, -0.05) is 20.8 Å². The standard InChI is InChI=1S/C23H30N4O5/c1-13(28)26-19(23(2,3)4)22(30)27-12-16(11-18(27)20(24)29)32-21-17-7-6-15(31-5)10-14(17)8-9-25-21/h6-10,16,18-19H,11-12H2,1-5H3,(H2,24,29)(H,26,28)/t16-,18?,19-/m1/s1. The minimum absolute atomic E-state index is 0.160. The molecule has 2 aromatic rings. The van der Waals surface area contributed by atoms with Gasteiger partial charge in [-0.3, -0.25) is 14.4 Å². The zero-order chi connectivity index (χ0) is 23.6. The molecule has 0 radical (unpaired) electrons. The number of pyridine rings is 1. The van der Waals surface area contributed by atoms with Crippen LogP contribution in [0.3, 0.4) is 0 Å². The predicted molar refractivity (Wildman–Crippen MR) is 119 cm³/mol. The Morgan fingerprint density at radius 1 is 1.25 bits per heavy atom. The molecule has 2 heterocycles. The number of nitrogens with two attached hydrogens (primary N) is 1. The molecule has 3 rings (SSSR count). The van der Waals surface area contributed by atoms with Crippen LogP contribution in [-0.4, -0.2) is 59.4 Å². The summed E-state index contributed by atoms with van der Waals surface area (Å²) in [4.78, 5) is 42.9. The maximum Gasteiger partial charge on any atom is 0.246 e. The van der Waals surface area contributed by atoms with Gasteiger partial charge in [0.2, 0.25) is 23.6 Å². The van der Waals surface area contributed by atoms with E-state index in [0.717, 1.165) is 10.8 Å². The van der Waals surface area contributed by atoms with E-state index < -0.39 is 29.5 Å². The first-order valence-corrected chi connectivity index (χ1v) is 10.5. The van der Waals surface area contributed by atoms with Gasteiger partial charge in [-0.05, 0) is 35.1 Å². The van der Waals surface area contributed by atoms with E-state index in [2.05, 4.69) is 10.3 Å². The number of nitrogens with zero attached hydrogens (tertiary/aromatic N) is 2. The molecule has 1 fully saturated rings. The smallest absolute Gasteiger partial charge is 0.246 e. The van der Waals surface area contributed by atoms with Crippen LogP contribution in [0.5, 0.6) is 11.6 Å². The third-order valence-electron chi connectivity index (χ3n) is 5.55. The highest BCUT2D eigenvalue weighted by Crippen LogP contribution is 2.31. The van der Waals surface area contributed by atoms with Crippen molar-refractivity contribution >= 4 is 28.5 Å². The molecular formula is C23H30N4O5. The molecule has 1 saturated heterocycles. The Hall–Kier alpha value is -3.36. The third-order valence-corrected chi connectivity index (χ3v) is 5.55. The van der Waals surface area contributed by atoms with Gasteiger partial charge in [-0.15, -0.1) is 0 Å². The summed E-state index contributed by atoms with van der Waals surface area (Å²) in [5.74, 6) is -0.181. The second kappa shape index (κ2) is 9.02. The molecule has 0 aliphatic carbocycles. The Bertz CT molecular complexity index is 1030. The molecule has 3 atom stereocenters. The molecule has 1 unspecified atom stereocenters. The maximum atomic E-state index is 13.3. The second-order valence-electron chi connectivity index (χ2n) is 9.09. The van der Waals surface area contributed by atoms with Crippen molar-refractivity contribution in [3.05, 3.63) is 30.5 Å². The number of amides is 3. The van der Waals surface area contributed by atoms with Crippen LogP contribution in [-0.2, 0) is 14.4 Å². The molecular weight excluding hydrogens is 412 g/mol. The number of fused-ring (bicyclic) bond motifs is 1. The number of carbonyl (C=O) groups excluding carboxylic acids is 3. The molecule has 1 aromatic carbocycles. The number of methoxy groups -OCH3 is 1. The predicted octanol–water partition coefficient (Wildman–Crippen LogP) is 1.63. The van der Waals surface area contributed by atoms with Crippen molar-refractivity contribution in [3.63, 3.8) is 0 Å². The molecule has 0 saturated carbocycles. The summed E-state index contributed by atoms with van der Waals surface area (Å²) in [6.45, 7) is 7.07. The molecule has 3 N–H and O–H groups in total. The Morgan fingerprint density at radius 2 is 1.97 bits per heavy atom. The number of carbonyl (C=O) groups is 3. The Labute approximate surface area is 187 Å². The van der Waals surface area contributed by atoms with Gasteiger partial charge in [0.1, 0.15) is 23.9 Å². The topological polar surface area (TPSA) is 124 Å². The highest BCUT2D eigenvalue weighted by molar-refractivity contribution is 5.92. The maximum absolute atomic E-state index is 13.3. The lowest BCUT2D eigenvalue weighted by atomic mass is 9.85. The summed E-state index contributed by atoms with van der Waals surface area (Å²) in [5, 5.41) is 4.39. The number of hydrogen-bond acceptors (Lipinski definition) is 6. The van der Waals surface area contributed by atoms with Crippen LogP contribution in [0, 0.1) is 5.41 Å². The third kappa shape index (κ3) is 4.92.